The molecule has 0 radical (unpaired) electrons. The third-order valence-electron chi connectivity index (χ3n) is 7.73. The maximum Gasteiger partial charge on any atom is 0.276 e. The first-order chi connectivity index (χ1) is 20.1. The Hall–Kier alpha value is -4.22. The number of oxazole rings is 1. The van der Waals surface area contributed by atoms with Gasteiger partial charge in [0, 0.05) is 19.5 Å². The topological polar surface area (TPSA) is 154 Å². The molecule has 0 aliphatic carbocycles. The Morgan fingerprint density at radius 2 is 1.81 bits per heavy atom. The molecule has 5 amide bonds. The van der Waals surface area contributed by atoms with E-state index in [4.69, 9.17) is 4.42 Å². The summed E-state index contributed by atoms with van der Waals surface area (Å²) in [6.07, 6.45) is 3.06. The molecule has 0 saturated carbocycles. The lowest BCUT2D eigenvalue weighted by Gasteiger charge is -2.30. The maximum absolute atomic E-state index is 13.8. The van der Waals surface area contributed by atoms with Crippen LogP contribution in [0.4, 0.5) is 0 Å². The monoisotopic (exact) mass is 580 g/mol. The second-order valence-corrected chi connectivity index (χ2v) is 11.3. The molecule has 2 aromatic rings. The number of hydrogen-bond donors (Lipinski definition) is 3. The summed E-state index contributed by atoms with van der Waals surface area (Å²) in [5.74, 6) is -2.17. The van der Waals surface area contributed by atoms with Gasteiger partial charge in [0.1, 0.15) is 23.9 Å². The molecule has 0 spiro atoms. The van der Waals surface area contributed by atoms with Crippen LogP contribution in [0.5, 0.6) is 0 Å². The van der Waals surface area contributed by atoms with E-state index in [1.165, 1.54) is 16.2 Å². The number of hydrogen-bond acceptors (Lipinski definition) is 7. The molecule has 1 aromatic carbocycles. The highest BCUT2D eigenvalue weighted by Crippen LogP contribution is 2.20. The number of aryl methyl sites for hydroxylation is 1. The van der Waals surface area contributed by atoms with E-state index in [1.807, 2.05) is 51.1 Å². The van der Waals surface area contributed by atoms with E-state index in [0.29, 0.717) is 38.0 Å². The largest absolute Gasteiger partial charge is 0.448 e. The van der Waals surface area contributed by atoms with Crippen LogP contribution in [-0.4, -0.2) is 88.1 Å². The molecule has 2 fully saturated rings. The molecule has 4 rings (SSSR count). The molecule has 2 aliphatic heterocycles. The van der Waals surface area contributed by atoms with Crippen LogP contribution in [-0.2, 0) is 32.0 Å². The minimum atomic E-state index is -0.924. The zero-order valence-corrected chi connectivity index (χ0v) is 24.6. The Labute approximate surface area is 245 Å². The number of nitrogens with zero attached hydrogens (tertiary/aromatic N) is 3. The standard InChI is InChI=1S/C30H40N6O6/c1-5-23-26(31-17-42-23)30(41)35-15-21(14-20-10-7-6-8-11-20)33-28(39)25(18(2)3)34-27(38)22-12-9-13-36(22)29(40)19(4)32-24(37)16-35/h6-8,10-11,17-19,21-22,25H,5,9,12-16H2,1-4H3,(H,32,37)(H,33,39)(H,34,38)/t19-,21-,22+,25-/m0/s1. The molecular weight excluding hydrogens is 540 g/mol. The first-order valence-corrected chi connectivity index (χ1v) is 14.5. The molecule has 2 aliphatic rings. The quantitative estimate of drug-likeness (QED) is 0.478. The van der Waals surface area contributed by atoms with Gasteiger partial charge in [-0.2, -0.15) is 0 Å². The van der Waals surface area contributed by atoms with Crippen LogP contribution in [0.2, 0.25) is 0 Å². The zero-order chi connectivity index (χ0) is 30.4. The van der Waals surface area contributed by atoms with Gasteiger partial charge in [0.15, 0.2) is 12.1 Å². The van der Waals surface area contributed by atoms with Gasteiger partial charge in [-0.05, 0) is 37.7 Å². The Morgan fingerprint density at radius 3 is 2.50 bits per heavy atom. The highest BCUT2D eigenvalue weighted by Gasteiger charge is 2.39. The van der Waals surface area contributed by atoms with Crippen LogP contribution in [0.25, 0.3) is 0 Å². The highest BCUT2D eigenvalue weighted by molar-refractivity contribution is 5.97. The molecule has 2 saturated heterocycles. The Bertz CT molecular complexity index is 1290. The second-order valence-electron chi connectivity index (χ2n) is 11.3. The van der Waals surface area contributed by atoms with Crippen molar-refractivity contribution in [3.8, 4) is 0 Å². The van der Waals surface area contributed by atoms with Gasteiger partial charge in [-0.25, -0.2) is 4.98 Å². The number of benzene rings is 1. The van der Waals surface area contributed by atoms with E-state index >= 15 is 0 Å². The van der Waals surface area contributed by atoms with Crippen molar-refractivity contribution in [1.29, 1.82) is 0 Å². The molecule has 3 heterocycles. The number of aromatic nitrogens is 1. The summed E-state index contributed by atoms with van der Waals surface area (Å²) in [6.45, 7) is 7.02. The molecule has 1 aromatic heterocycles. The van der Waals surface area contributed by atoms with Crippen molar-refractivity contribution in [3.05, 3.63) is 53.7 Å². The van der Waals surface area contributed by atoms with Crippen molar-refractivity contribution in [2.75, 3.05) is 19.6 Å². The van der Waals surface area contributed by atoms with Gasteiger partial charge in [-0.3, -0.25) is 24.0 Å². The fourth-order valence-corrected chi connectivity index (χ4v) is 5.54. The van der Waals surface area contributed by atoms with E-state index in [-0.39, 0.29) is 24.7 Å². The van der Waals surface area contributed by atoms with Gasteiger partial charge >= 0.3 is 0 Å². The molecule has 42 heavy (non-hydrogen) atoms. The van der Waals surface area contributed by atoms with E-state index < -0.39 is 53.7 Å². The third kappa shape index (κ3) is 7.15. The Balaban J connectivity index is 1.72. The average Bonchev–Trinajstić information content (AvgIpc) is 3.64. The summed E-state index contributed by atoms with van der Waals surface area (Å²) in [4.78, 5) is 74.3. The van der Waals surface area contributed by atoms with Gasteiger partial charge in [0.25, 0.3) is 5.91 Å². The number of fused-ring (bicyclic) bond motifs is 1. The van der Waals surface area contributed by atoms with Crippen LogP contribution in [0.15, 0.2) is 41.1 Å². The minimum absolute atomic E-state index is 0.0290. The van der Waals surface area contributed by atoms with Crippen molar-refractivity contribution < 1.29 is 28.4 Å². The van der Waals surface area contributed by atoms with Crippen LogP contribution in [0.1, 0.15) is 62.3 Å². The third-order valence-corrected chi connectivity index (χ3v) is 7.73. The second kappa shape index (κ2) is 13.6. The predicted molar refractivity (Wildman–Crippen MR) is 153 cm³/mol. The summed E-state index contributed by atoms with van der Waals surface area (Å²) < 4.78 is 5.38. The Morgan fingerprint density at radius 1 is 1.07 bits per heavy atom. The van der Waals surface area contributed by atoms with Gasteiger partial charge < -0.3 is 30.2 Å². The molecule has 0 bridgehead atoms. The number of rotatable bonds is 5. The lowest BCUT2D eigenvalue weighted by molar-refractivity contribution is -0.142. The van der Waals surface area contributed by atoms with Crippen molar-refractivity contribution in [1.82, 2.24) is 30.7 Å². The summed E-state index contributed by atoms with van der Waals surface area (Å²) in [6, 6.07) is 6.32. The van der Waals surface area contributed by atoms with Gasteiger partial charge in [-0.1, -0.05) is 51.1 Å². The molecule has 12 nitrogen and oxygen atoms in total. The van der Waals surface area contributed by atoms with Crippen molar-refractivity contribution in [2.45, 2.75) is 77.5 Å². The van der Waals surface area contributed by atoms with Crippen LogP contribution in [0, 0.1) is 5.92 Å². The van der Waals surface area contributed by atoms with Gasteiger partial charge in [0.2, 0.25) is 23.6 Å². The molecule has 3 N–H and O–H groups in total. The van der Waals surface area contributed by atoms with Crippen LogP contribution >= 0.6 is 0 Å². The Kier molecular flexibility index (Phi) is 9.97. The lowest BCUT2D eigenvalue weighted by Crippen LogP contribution is -2.58. The van der Waals surface area contributed by atoms with E-state index in [1.54, 1.807) is 6.92 Å². The first-order valence-electron chi connectivity index (χ1n) is 14.5. The summed E-state index contributed by atoms with van der Waals surface area (Å²) in [5.41, 5.74) is 1.00. The highest BCUT2D eigenvalue weighted by atomic mass is 16.3. The molecular formula is C30H40N6O6. The summed E-state index contributed by atoms with van der Waals surface area (Å²) in [7, 11) is 0. The number of carbonyl (C=O) groups is 5. The SMILES string of the molecule is CCc1ocnc1C(=O)N1CC(=O)N[C@@H](C)C(=O)N2CCC[C@@H]2C(=O)N[C@@H](C(C)C)C(=O)N[C@@H](Cc2ccccc2)C1. The van der Waals surface area contributed by atoms with Gasteiger partial charge in [0.05, 0.1) is 12.6 Å². The number of amides is 5. The normalized spacial score (nSPS) is 24.4. The summed E-state index contributed by atoms with van der Waals surface area (Å²) >= 11 is 0. The molecule has 0 unspecified atom stereocenters. The molecule has 12 heteroatoms. The smallest absolute Gasteiger partial charge is 0.276 e. The fourth-order valence-electron chi connectivity index (χ4n) is 5.54. The fraction of sp³-hybridized carbons (Fsp3) is 0.533. The summed E-state index contributed by atoms with van der Waals surface area (Å²) in [5, 5.41) is 8.60. The van der Waals surface area contributed by atoms with E-state index in [0.717, 1.165) is 5.56 Å². The molecule has 226 valence electrons. The van der Waals surface area contributed by atoms with E-state index in [9.17, 15) is 24.0 Å². The van der Waals surface area contributed by atoms with Crippen molar-refractivity contribution >= 4 is 29.5 Å². The van der Waals surface area contributed by atoms with Crippen molar-refractivity contribution in [3.63, 3.8) is 0 Å². The number of nitrogens with one attached hydrogen (secondary N) is 3. The van der Waals surface area contributed by atoms with Gasteiger partial charge in [-0.15, -0.1) is 0 Å². The lowest BCUT2D eigenvalue weighted by atomic mass is 10.00. The minimum Gasteiger partial charge on any atom is -0.448 e. The first kappa shape index (κ1) is 30.7. The van der Waals surface area contributed by atoms with Crippen LogP contribution in [0.3, 0.4) is 0 Å². The van der Waals surface area contributed by atoms with E-state index in [2.05, 4.69) is 20.9 Å². The van der Waals surface area contributed by atoms with Crippen molar-refractivity contribution in [2.24, 2.45) is 5.92 Å². The maximum atomic E-state index is 13.8. The average molecular weight is 581 g/mol. The molecule has 4 atom stereocenters. The van der Waals surface area contributed by atoms with Crippen LogP contribution < -0.4 is 16.0 Å². The zero-order valence-electron chi connectivity index (χ0n) is 24.6. The number of carbonyl (C=O) groups excluding carboxylic acids is 5. The predicted octanol–water partition coefficient (Wildman–Crippen LogP) is 1.06.